The van der Waals surface area contributed by atoms with Crippen LogP contribution in [0.4, 0.5) is 0 Å². The Kier molecular flexibility index (Phi) is 9.21. The molecule has 150 valence electrons. The average Bonchev–Trinajstić information content (AvgIpc) is 3.19. The third-order valence-corrected chi connectivity index (χ3v) is 4.51. The number of rotatable bonds is 9. The van der Waals surface area contributed by atoms with Crippen molar-refractivity contribution in [2.75, 3.05) is 6.54 Å². The summed E-state index contributed by atoms with van der Waals surface area (Å²) in [5.41, 5.74) is 7.08. The number of hydrazine groups is 1. The van der Waals surface area contributed by atoms with E-state index in [-0.39, 0.29) is 5.91 Å². The number of nitrogens with one attached hydrogen (secondary N) is 3. The first-order chi connectivity index (χ1) is 13.6. The highest BCUT2D eigenvalue weighted by molar-refractivity contribution is 7.80. The summed E-state index contributed by atoms with van der Waals surface area (Å²) in [6, 6.07) is 9.80. The Morgan fingerprint density at radius 1 is 1.25 bits per heavy atom. The summed E-state index contributed by atoms with van der Waals surface area (Å²) < 4.78 is 1.76. The van der Waals surface area contributed by atoms with Crippen molar-refractivity contribution in [3.63, 3.8) is 0 Å². The van der Waals surface area contributed by atoms with Crippen LogP contribution in [0.25, 0.3) is 11.8 Å². The van der Waals surface area contributed by atoms with Crippen LogP contribution < -0.4 is 16.2 Å². The summed E-state index contributed by atoms with van der Waals surface area (Å²) in [4.78, 5) is 11.9. The van der Waals surface area contributed by atoms with E-state index in [4.69, 9.17) is 12.2 Å². The first kappa shape index (κ1) is 21.6. The van der Waals surface area contributed by atoms with Gasteiger partial charge in [-0.2, -0.15) is 5.10 Å². The summed E-state index contributed by atoms with van der Waals surface area (Å²) in [5.74, 6) is 0.260. The Morgan fingerprint density at radius 3 is 2.79 bits per heavy atom. The molecule has 0 spiro atoms. The van der Waals surface area contributed by atoms with Gasteiger partial charge < -0.3 is 5.32 Å². The minimum absolute atomic E-state index is 0.285. The van der Waals surface area contributed by atoms with E-state index in [1.54, 1.807) is 17.0 Å². The number of carbonyl (C=O) groups excluding carboxylic acids is 1. The second-order valence-electron chi connectivity index (χ2n) is 6.81. The molecule has 0 unspecified atom stereocenters. The van der Waals surface area contributed by atoms with Gasteiger partial charge in [0.05, 0.1) is 11.9 Å². The fourth-order valence-corrected chi connectivity index (χ4v) is 2.77. The van der Waals surface area contributed by atoms with Gasteiger partial charge in [0.2, 0.25) is 0 Å². The van der Waals surface area contributed by atoms with Crippen LogP contribution in [0.5, 0.6) is 0 Å². The van der Waals surface area contributed by atoms with Crippen LogP contribution in [-0.4, -0.2) is 27.3 Å². The molecule has 1 amide bonds. The van der Waals surface area contributed by atoms with Crippen LogP contribution in [-0.2, 0) is 4.79 Å². The van der Waals surface area contributed by atoms with E-state index in [2.05, 4.69) is 35.1 Å². The highest BCUT2D eigenvalue weighted by Gasteiger charge is 2.04. The number of carbonyl (C=O) groups is 1. The molecule has 1 aromatic heterocycles. The maximum atomic E-state index is 11.9. The summed E-state index contributed by atoms with van der Waals surface area (Å²) in [6.45, 7) is 5.19. The SMILES string of the molecule is CCCCC[C@H](C)CNC(=S)NNC(=O)/C=C/c1cnn(-c2ccccc2)c1. The van der Waals surface area contributed by atoms with Gasteiger partial charge in [0, 0.05) is 24.4 Å². The molecule has 0 aliphatic carbocycles. The molecule has 0 aliphatic rings. The highest BCUT2D eigenvalue weighted by atomic mass is 32.1. The fourth-order valence-electron chi connectivity index (χ4n) is 2.63. The number of benzene rings is 1. The lowest BCUT2D eigenvalue weighted by atomic mass is 10.0. The molecule has 0 bridgehead atoms. The molecular formula is C21H29N5OS. The number of amides is 1. The minimum Gasteiger partial charge on any atom is -0.361 e. The molecule has 0 aliphatic heterocycles. The summed E-state index contributed by atoms with van der Waals surface area (Å²) in [7, 11) is 0. The predicted octanol–water partition coefficient (Wildman–Crippen LogP) is 3.60. The zero-order chi connectivity index (χ0) is 20.2. The van der Waals surface area contributed by atoms with E-state index < -0.39 is 0 Å². The van der Waals surface area contributed by atoms with E-state index in [1.807, 2.05) is 36.5 Å². The fraction of sp³-hybridized carbons (Fsp3) is 0.381. The molecule has 0 fully saturated rings. The molecule has 1 heterocycles. The number of hydrogen-bond donors (Lipinski definition) is 3. The molecule has 1 aromatic carbocycles. The summed E-state index contributed by atoms with van der Waals surface area (Å²) in [6.07, 6.45) is 11.6. The van der Waals surface area contributed by atoms with Crippen molar-refractivity contribution < 1.29 is 4.79 Å². The van der Waals surface area contributed by atoms with Gasteiger partial charge in [-0.3, -0.25) is 15.6 Å². The number of para-hydroxylation sites is 1. The first-order valence-corrected chi connectivity index (χ1v) is 10.1. The molecule has 0 saturated carbocycles. The average molecular weight is 400 g/mol. The summed E-state index contributed by atoms with van der Waals surface area (Å²) >= 11 is 5.19. The summed E-state index contributed by atoms with van der Waals surface area (Å²) in [5, 5.41) is 7.84. The molecule has 0 radical (unpaired) electrons. The second kappa shape index (κ2) is 11.9. The molecule has 7 heteroatoms. The Morgan fingerprint density at radius 2 is 2.04 bits per heavy atom. The van der Waals surface area contributed by atoms with Crippen LogP contribution in [0.15, 0.2) is 48.8 Å². The zero-order valence-corrected chi connectivity index (χ0v) is 17.3. The topological polar surface area (TPSA) is 71.0 Å². The number of hydrogen-bond acceptors (Lipinski definition) is 3. The molecule has 28 heavy (non-hydrogen) atoms. The molecule has 6 nitrogen and oxygen atoms in total. The molecular weight excluding hydrogens is 370 g/mol. The van der Waals surface area contributed by atoms with Gasteiger partial charge in [-0.05, 0) is 42.8 Å². The van der Waals surface area contributed by atoms with Gasteiger partial charge >= 0.3 is 0 Å². The first-order valence-electron chi connectivity index (χ1n) is 9.70. The molecule has 3 N–H and O–H groups in total. The van der Waals surface area contributed by atoms with Crippen LogP contribution >= 0.6 is 12.2 Å². The minimum atomic E-state index is -0.285. The largest absolute Gasteiger partial charge is 0.361 e. The quantitative estimate of drug-likeness (QED) is 0.260. The van der Waals surface area contributed by atoms with E-state index in [0.717, 1.165) is 17.8 Å². The molecule has 0 saturated heterocycles. The van der Waals surface area contributed by atoms with E-state index >= 15 is 0 Å². The van der Waals surface area contributed by atoms with Crippen molar-refractivity contribution in [2.45, 2.75) is 39.5 Å². The van der Waals surface area contributed by atoms with Crippen molar-refractivity contribution in [3.8, 4) is 5.69 Å². The van der Waals surface area contributed by atoms with Gasteiger partial charge in [-0.15, -0.1) is 0 Å². The van der Waals surface area contributed by atoms with E-state index in [1.165, 1.54) is 31.8 Å². The van der Waals surface area contributed by atoms with Gasteiger partial charge in [-0.25, -0.2) is 4.68 Å². The predicted molar refractivity (Wildman–Crippen MR) is 118 cm³/mol. The molecule has 2 aromatic rings. The normalized spacial score (nSPS) is 11.9. The third kappa shape index (κ3) is 7.92. The van der Waals surface area contributed by atoms with Crippen molar-refractivity contribution >= 4 is 29.3 Å². The van der Waals surface area contributed by atoms with Crippen molar-refractivity contribution in [3.05, 3.63) is 54.4 Å². The van der Waals surface area contributed by atoms with Gasteiger partial charge in [0.25, 0.3) is 5.91 Å². The van der Waals surface area contributed by atoms with E-state index in [0.29, 0.717) is 11.0 Å². The van der Waals surface area contributed by atoms with Crippen LogP contribution in [0.1, 0.15) is 45.1 Å². The number of thiocarbonyl (C=S) groups is 1. The Balaban J connectivity index is 1.69. The second-order valence-corrected chi connectivity index (χ2v) is 7.22. The molecule has 2 rings (SSSR count). The van der Waals surface area contributed by atoms with Crippen molar-refractivity contribution in [1.82, 2.24) is 25.9 Å². The van der Waals surface area contributed by atoms with Crippen molar-refractivity contribution in [1.29, 1.82) is 0 Å². The Labute approximate surface area is 172 Å². The van der Waals surface area contributed by atoms with Crippen LogP contribution in [0.3, 0.4) is 0 Å². The number of unbranched alkanes of at least 4 members (excludes halogenated alkanes) is 2. The van der Waals surface area contributed by atoms with Gasteiger partial charge in [0.15, 0.2) is 5.11 Å². The lowest BCUT2D eigenvalue weighted by Gasteiger charge is -2.15. The maximum absolute atomic E-state index is 11.9. The monoisotopic (exact) mass is 399 g/mol. The molecule has 1 atom stereocenters. The highest BCUT2D eigenvalue weighted by Crippen LogP contribution is 2.09. The van der Waals surface area contributed by atoms with Crippen LogP contribution in [0, 0.1) is 5.92 Å². The standard InChI is InChI=1S/C21H29N5OS/c1-3-4-6-9-17(2)14-22-21(28)25-24-20(27)13-12-18-15-23-26(16-18)19-10-7-5-8-11-19/h5,7-8,10-13,15-17H,3-4,6,9,14H2,1-2H3,(H,24,27)(H2,22,25,28)/b13-12+/t17-/m0/s1. The number of nitrogens with zero attached hydrogens (tertiary/aromatic N) is 2. The maximum Gasteiger partial charge on any atom is 0.262 e. The zero-order valence-electron chi connectivity index (χ0n) is 16.5. The lowest BCUT2D eigenvalue weighted by Crippen LogP contribution is -2.47. The Bertz CT molecular complexity index is 772. The van der Waals surface area contributed by atoms with Crippen LogP contribution in [0.2, 0.25) is 0 Å². The third-order valence-electron chi connectivity index (χ3n) is 4.26. The smallest absolute Gasteiger partial charge is 0.262 e. The number of aromatic nitrogens is 2. The van der Waals surface area contributed by atoms with E-state index in [9.17, 15) is 4.79 Å². The van der Waals surface area contributed by atoms with Gasteiger partial charge in [0.1, 0.15) is 0 Å². The van der Waals surface area contributed by atoms with Crippen molar-refractivity contribution in [2.24, 2.45) is 5.92 Å². The van der Waals surface area contributed by atoms with Gasteiger partial charge in [-0.1, -0.05) is 51.3 Å². The Hall–Kier alpha value is -2.67. The lowest BCUT2D eigenvalue weighted by molar-refractivity contribution is -0.116.